The molecule has 15 heavy (non-hydrogen) atoms. The quantitative estimate of drug-likeness (QED) is 0.824. The molecule has 4 heteroatoms. The van der Waals surface area contributed by atoms with Crippen molar-refractivity contribution in [2.75, 3.05) is 6.54 Å². The first kappa shape index (κ1) is 12.0. The van der Waals surface area contributed by atoms with Crippen molar-refractivity contribution in [3.05, 3.63) is 35.4 Å². The number of alkyl halides is 1. The molecule has 1 nitrogen and oxygen atoms in total. The van der Waals surface area contributed by atoms with E-state index < -0.39 is 17.3 Å². The number of hydrogen-bond acceptors (Lipinski definition) is 1. The molecule has 84 valence electrons. The topological polar surface area (TPSA) is 26.0 Å². The standard InChI is InChI=1S/C11H14F3N/c1-2-11(14,7-15)6-8-3-9(12)5-10(13)4-8/h3-5H,2,6-7,15H2,1H3. The van der Waals surface area contributed by atoms with Gasteiger partial charge in [-0.15, -0.1) is 0 Å². The Morgan fingerprint density at radius 1 is 1.20 bits per heavy atom. The van der Waals surface area contributed by atoms with Crippen LogP contribution in [-0.4, -0.2) is 12.2 Å². The molecule has 0 aliphatic carbocycles. The molecule has 0 aromatic heterocycles. The first-order valence-electron chi connectivity index (χ1n) is 4.83. The molecule has 0 heterocycles. The van der Waals surface area contributed by atoms with Crippen molar-refractivity contribution < 1.29 is 13.2 Å². The molecule has 0 aliphatic heterocycles. The van der Waals surface area contributed by atoms with Gasteiger partial charge in [0.25, 0.3) is 0 Å². The van der Waals surface area contributed by atoms with E-state index in [0.29, 0.717) is 5.56 Å². The summed E-state index contributed by atoms with van der Waals surface area (Å²) < 4.78 is 39.5. The lowest BCUT2D eigenvalue weighted by molar-refractivity contribution is 0.167. The fourth-order valence-electron chi connectivity index (χ4n) is 1.42. The highest BCUT2D eigenvalue weighted by Crippen LogP contribution is 2.21. The minimum absolute atomic E-state index is 0.0608. The fourth-order valence-corrected chi connectivity index (χ4v) is 1.42. The Morgan fingerprint density at radius 2 is 1.73 bits per heavy atom. The zero-order valence-electron chi connectivity index (χ0n) is 8.56. The smallest absolute Gasteiger partial charge is 0.126 e. The maximum Gasteiger partial charge on any atom is 0.126 e. The highest BCUT2D eigenvalue weighted by atomic mass is 19.1. The van der Waals surface area contributed by atoms with Crippen LogP contribution in [0.15, 0.2) is 18.2 Å². The lowest BCUT2D eigenvalue weighted by Crippen LogP contribution is -2.34. The van der Waals surface area contributed by atoms with E-state index in [1.807, 2.05) is 0 Å². The average molecular weight is 217 g/mol. The minimum Gasteiger partial charge on any atom is -0.328 e. The van der Waals surface area contributed by atoms with E-state index in [1.165, 1.54) is 0 Å². The molecule has 1 rings (SSSR count). The normalized spacial score (nSPS) is 15.0. The average Bonchev–Trinajstić information content (AvgIpc) is 2.16. The molecule has 0 spiro atoms. The summed E-state index contributed by atoms with van der Waals surface area (Å²) in [6.07, 6.45) is 0.163. The van der Waals surface area contributed by atoms with Crippen molar-refractivity contribution in [3.63, 3.8) is 0 Å². The second-order valence-corrected chi connectivity index (χ2v) is 3.66. The molecule has 0 saturated carbocycles. The van der Waals surface area contributed by atoms with Crippen LogP contribution < -0.4 is 5.73 Å². The molecule has 0 saturated heterocycles. The molecular formula is C11H14F3N. The summed E-state index contributed by atoms with van der Waals surface area (Å²) in [5.41, 5.74) is 3.99. The lowest BCUT2D eigenvalue weighted by Gasteiger charge is -2.21. The van der Waals surface area contributed by atoms with Crippen molar-refractivity contribution in [2.24, 2.45) is 5.73 Å². The molecule has 0 amide bonds. The van der Waals surface area contributed by atoms with E-state index in [-0.39, 0.29) is 19.4 Å². The van der Waals surface area contributed by atoms with Gasteiger partial charge in [0.15, 0.2) is 0 Å². The zero-order valence-corrected chi connectivity index (χ0v) is 8.56. The van der Waals surface area contributed by atoms with Gasteiger partial charge in [0.2, 0.25) is 0 Å². The van der Waals surface area contributed by atoms with Crippen molar-refractivity contribution in [1.29, 1.82) is 0 Å². The van der Waals surface area contributed by atoms with Crippen LogP contribution >= 0.6 is 0 Å². The van der Waals surface area contributed by atoms with E-state index in [4.69, 9.17) is 5.73 Å². The Bertz CT molecular complexity index is 314. The Labute approximate surface area is 87.1 Å². The van der Waals surface area contributed by atoms with Gasteiger partial charge in [-0.3, -0.25) is 0 Å². The Morgan fingerprint density at radius 3 is 2.13 bits per heavy atom. The van der Waals surface area contributed by atoms with Crippen molar-refractivity contribution in [1.82, 2.24) is 0 Å². The third kappa shape index (κ3) is 3.23. The van der Waals surface area contributed by atoms with Crippen LogP contribution in [0.3, 0.4) is 0 Å². The van der Waals surface area contributed by atoms with Gasteiger partial charge in [0.1, 0.15) is 17.3 Å². The molecule has 1 unspecified atom stereocenters. The number of benzene rings is 1. The van der Waals surface area contributed by atoms with Gasteiger partial charge in [-0.05, 0) is 24.1 Å². The summed E-state index contributed by atoms with van der Waals surface area (Å²) in [5.74, 6) is -1.39. The maximum atomic E-state index is 13.8. The van der Waals surface area contributed by atoms with Crippen LogP contribution in [0.25, 0.3) is 0 Å². The highest BCUT2D eigenvalue weighted by Gasteiger charge is 2.26. The predicted octanol–water partition coefficient (Wildman–Crippen LogP) is 2.58. The summed E-state index contributed by atoms with van der Waals surface area (Å²) in [7, 11) is 0. The van der Waals surface area contributed by atoms with Crippen molar-refractivity contribution in [3.8, 4) is 0 Å². The molecule has 1 aromatic rings. The first-order valence-corrected chi connectivity index (χ1v) is 4.83. The van der Waals surface area contributed by atoms with Crippen LogP contribution in [-0.2, 0) is 6.42 Å². The number of rotatable bonds is 4. The van der Waals surface area contributed by atoms with E-state index in [1.54, 1.807) is 6.92 Å². The second kappa shape index (κ2) is 4.66. The van der Waals surface area contributed by atoms with Gasteiger partial charge in [0, 0.05) is 19.0 Å². The van der Waals surface area contributed by atoms with Crippen molar-refractivity contribution in [2.45, 2.75) is 25.4 Å². The maximum absolute atomic E-state index is 13.8. The molecule has 1 atom stereocenters. The van der Waals surface area contributed by atoms with E-state index in [9.17, 15) is 13.2 Å². The van der Waals surface area contributed by atoms with Gasteiger partial charge >= 0.3 is 0 Å². The molecule has 1 aromatic carbocycles. The third-order valence-electron chi connectivity index (χ3n) is 2.44. The summed E-state index contributed by atoms with van der Waals surface area (Å²) in [6, 6.07) is 3.02. The Kier molecular flexibility index (Phi) is 3.74. The third-order valence-corrected chi connectivity index (χ3v) is 2.44. The van der Waals surface area contributed by atoms with Crippen LogP contribution in [0, 0.1) is 11.6 Å². The number of nitrogens with two attached hydrogens (primary N) is 1. The van der Waals surface area contributed by atoms with E-state index in [2.05, 4.69) is 0 Å². The SMILES string of the molecule is CCC(F)(CN)Cc1cc(F)cc(F)c1. The summed E-state index contributed by atoms with van der Waals surface area (Å²) in [6.45, 7) is 1.50. The van der Waals surface area contributed by atoms with Crippen LogP contribution in [0.5, 0.6) is 0 Å². The first-order chi connectivity index (χ1) is 6.99. The van der Waals surface area contributed by atoms with Crippen LogP contribution in [0.2, 0.25) is 0 Å². The van der Waals surface area contributed by atoms with Gasteiger partial charge in [-0.1, -0.05) is 6.92 Å². The van der Waals surface area contributed by atoms with E-state index >= 15 is 0 Å². The Hall–Kier alpha value is -1.03. The number of halogens is 3. The highest BCUT2D eigenvalue weighted by molar-refractivity contribution is 5.20. The monoisotopic (exact) mass is 217 g/mol. The molecule has 0 bridgehead atoms. The van der Waals surface area contributed by atoms with Crippen molar-refractivity contribution >= 4 is 0 Å². The minimum atomic E-state index is -1.58. The van der Waals surface area contributed by atoms with Gasteiger partial charge in [-0.2, -0.15) is 0 Å². The van der Waals surface area contributed by atoms with Crippen LogP contribution in [0.4, 0.5) is 13.2 Å². The van der Waals surface area contributed by atoms with E-state index in [0.717, 1.165) is 18.2 Å². The molecule has 0 radical (unpaired) electrons. The summed E-state index contributed by atoms with van der Waals surface area (Å²) >= 11 is 0. The predicted molar refractivity (Wildman–Crippen MR) is 53.2 cm³/mol. The van der Waals surface area contributed by atoms with Gasteiger partial charge in [0.05, 0.1) is 0 Å². The number of hydrogen-bond donors (Lipinski definition) is 1. The fraction of sp³-hybridized carbons (Fsp3) is 0.455. The second-order valence-electron chi connectivity index (χ2n) is 3.66. The largest absolute Gasteiger partial charge is 0.328 e. The zero-order chi connectivity index (χ0) is 11.5. The van der Waals surface area contributed by atoms with Crippen LogP contribution in [0.1, 0.15) is 18.9 Å². The summed E-state index contributed by atoms with van der Waals surface area (Å²) in [5, 5.41) is 0. The molecular weight excluding hydrogens is 203 g/mol. The molecule has 0 aliphatic rings. The van der Waals surface area contributed by atoms with Gasteiger partial charge < -0.3 is 5.73 Å². The lowest BCUT2D eigenvalue weighted by atomic mass is 9.94. The molecule has 0 fully saturated rings. The summed E-state index contributed by atoms with van der Waals surface area (Å²) in [4.78, 5) is 0. The Balaban J connectivity index is 2.88. The molecule has 2 N–H and O–H groups in total. The van der Waals surface area contributed by atoms with Gasteiger partial charge in [-0.25, -0.2) is 13.2 Å².